The molecule has 0 amide bonds. The van der Waals surface area contributed by atoms with Gasteiger partial charge >= 0.3 is 0 Å². The fourth-order valence-corrected chi connectivity index (χ4v) is 4.03. The number of guanidine groups is 1. The van der Waals surface area contributed by atoms with Crippen LogP contribution in [0.2, 0.25) is 0 Å². The zero-order valence-electron chi connectivity index (χ0n) is 20.4. The van der Waals surface area contributed by atoms with Crippen LogP contribution in [0, 0.1) is 6.92 Å². The molecule has 1 atom stereocenters. The van der Waals surface area contributed by atoms with E-state index in [0.717, 1.165) is 55.2 Å². The Hall–Kier alpha value is -2.08. The molecule has 0 saturated carbocycles. The first-order chi connectivity index (χ1) is 15.5. The largest absolute Gasteiger partial charge is 0.493 e. The molecule has 1 unspecified atom stereocenters. The Labute approximate surface area is 214 Å². The molecular weight excluding hydrogens is 533 g/mol. The third kappa shape index (κ3) is 7.46. The summed E-state index contributed by atoms with van der Waals surface area (Å²) in [5, 5.41) is 15.4. The average molecular weight is 572 g/mol. The lowest BCUT2D eigenvalue weighted by Crippen LogP contribution is -2.45. The van der Waals surface area contributed by atoms with Crippen molar-refractivity contribution in [3.05, 3.63) is 35.4 Å². The number of hydrogen-bond acceptors (Lipinski definition) is 6. The van der Waals surface area contributed by atoms with Crippen LogP contribution in [0.4, 0.5) is 0 Å². The minimum Gasteiger partial charge on any atom is -0.493 e. The SMILES string of the molecule is CCN1CCCC1CNC(=NCc1nnc(C)n1C)NCCc1ccc(OC)c(OC)c1.I. The number of aromatic nitrogens is 3. The lowest BCUT2D eigenvalue weighted by molar-refractivity contribution is 0.267. The van der Waals surface area contributed by atoms with Crippen molar-refractivity contribution in [2.24, 2.45) is 12.0 Å². The van der Waals surface area contributed by atoms with E-state index in [1.165, 1.54) is 24.9 Å². The fraction of sp³-hybridized carbons (Fsp3) is 0.609. The molecule has 0 spiro atoms. The van der Waals surface area contributed by atoms with E-state index in [-0.39, 0.29) is 24.0 Å². The van der Waals surface area contributed by atoms with Crippen LogP contribution >= 0.6 is 24.0 Å². The van der Waals surface area contributed by atoms with Crippen molar-refractivity contribution in [2.75, 3.05) is 40.4 Å². The predicted octanol–water partition coefficient (Wildman–Crippen LogP) is 2.52. The Morgan fingerprint density at radius 1 is 1.18 bits per heavy atom. The number of nitrogens with one attached hydrogen (secondary N) is 2. The van der Waals surface area contributed by atoms with Crippen molar-refractivity contribution in [1.82, 2.24) is 30.3 Å². The Bertz CT molecular complexity index is 903. The number of rotatable bonds is 10. The molecule has 184 valence electrons. The normalized spacial score (nSPS) is 16.4. The van der Waals surface area contributed by atoms with Crippen molar-refractivity contribution in [1.29, 1.82) is 0 Å². The standard InChI is InChI=1S/C23H37N7O2.HI/c1-6-30-13-7-8-19(30)15-25-23(26-16-22-28-27-17(2)29(22)3)24-12-11-18-9-10-20(31-4)21(14-18)32-5;/h9-10,14,19H,6-8,11-13,15-16H2,1-5H3,(H2,24,25,26);1H. The Kier molecular flexibility index (Phi) is 11.2. The summed E-state index contributed by atoms with van der Waals surface area (Å²) in [6, 6.07) is 6.57. The molecule has 1 aliphatic heterocycles. The lowest BCUT2D eigenvalue weighted by atomic mass is 10.1. The quantitative estimate of drug-likeness (QED) is 0.258. The van der Waals surface area contributed by atoms with Crippen molar-refractivity contribution in [3.63, 3.8) is 0 Å². The highest BCUT2D eigenvalue weighted by Crippen LogP contribution is 2.27. The number of halogens is 1. The van der Waals surface area contributed by atoms with Crippen LogP contribution in [0.5, 0.6) is 11.5 Å². The van der Waals surface area contributed by atoms with E-state index in [4.69, 9.17) is 14.5 Å². The van der Waals surface area contributed by atoms with Crippen molar-refractivity contribution in [2.45, 2.75) is 45.7 Å². The molecule has 1 aromatic carbocycles. The Morgan fingerprint density at radius 3 is 2.64 bits per heavy atom. The summed E-state index contributed by atoms with van der Waals surface area (Å²) in [6.07, 6.45) is 3.33. The van der Waals surface area contributed by atoms with Gasteiger partial charge in [0.1, 0.15) is 12.4 Å². The fourth-order valence-electron chi connectivity index (χ4n) is 4.03. The summed E-state index contributed by atoms with van der Waals surface area (Å²) in [6.45, 7) is 8.55. The molecule has 9 nitrogen and oxygen atoms in total. The number of nitrogens with zero attached hydrogens (tertiary/aromatic N) is 5. The maximum absolute atomic E-state index is 5.42. The predicted molar refractivity (Wildman–Crippen MR) is 142 cm³/mol. The number of ether oxygens (including phenoxy) is 2. The van der Waals surface area contributed by atoms with Crippen molar-refractivity contribution >= 4 is 29.9 Å². The van der Waals surface area contributed by atoms with Crippen molar-refractivity contribution in [3.8, 4) is 11.5 Å². The van der Waals surface area contributed by atoms with Gasteiger partial charge in [0.2, 0.25) is 0 Å². The average Bonchev–Trinajstić information content (AvgIpc) is 3.41. The molecule has 1 aromatic heterocycles. The number of hydrogen-bond donors (Lipinski definition) is 2. The van der Waals surface area contributed by atoms with Crippen molar-refractivity contribution < 1.29 is 9.47 Å². The number of aliphatic imine (C=N–C) groups is 1. The summed E-state index contributed by atoms with van der Waals surface area (Å²) in [5.41, 5.74) is 1.17. The van der Waals surface area contributed by atoms with Crippen LogP contribution in [0.15, 0.2) is 23.2 Å². The van der Waals surface area contributed by atoms with E-state index < -0.39 is 0 Å². The van der Waals surface area contributed by atoms with Gasteiger partial charge in [0.05, 0.1) is 14.2 Å². The highest BCUT2D eigenvalue weighted by Gasteiger charge is 2.22. The number of benzene rings is 1. The summed E-state index contributed by atoms with van der Waals surface area (Å²) in [4.78, 5) is 7.31. The molecule has 1 saturated heterocycles. The second kappa shape index (κ2) is 13.6. The van der Waals surface area contributed by atoms with E-state index in [9.17, 15) is 0 Å². The summed E-state index contributed by atoms with van der Waals surface area (Å²) in [7, 11) is 5.27. The van der Waals surface area contributed by atoms with Gasteiger partial charge in [0.25, 0.3) is 0 Å². The number of methoxy groups -OCH3 is 2. The molecule has 0 radical (unpaired) electrons. The summed E-state index contributed by atoms with van der Waals surface area (Å²) < 4.78 is 12.7. The van der Waals surface area contributed by atoms with Gasteiger partial charge in [-0.2, -0.15) is 0 Å². The van der Waals surface area contributed by atoms with Gasteiger partial charge in [0.15, 0.2) is 23.3 Å². The van der Waals surface area contributed by atoms with Gasteiger partial charge in [-0.1, -0.05) is 13.0 Å². The Morgan fingerprint density at radius 2 is 1.97 bits per heavy atom. The molecular formula is C23H38IN7O2. The first-order valence-electron chi connectivity index (χ1n) is 11.4. The van der Waals surface area contributed by atoms with Gasteiger partial charge in [-0.25, -0.2) is 4.99 Å². The van der Waals surface area contributed by atoms with Gasteiger partial charge in [-0.15, -0.1) is 34.2 Å². The number of likely N-dealkylation sites (N-methyl/N-ethyl adjacent to an activating group) is 1. The number of aryl methyl sites for hydroxylation is 1. The zero-order valence-corrected chi connectivity index (χ0v) is 22.8. The molecule has 2 aromatic rings. The molecule has 10 heteroatoms. The maximum Gasteiger partial charge on any atom is 0.191 e. The minimum absolute atomic E-state index is 0. The molecule has 0 bridgehead atoms. The molecule has 2 heterocycles. The molecule has 2 N–H and O–H groups in total. The van der Waals surface area contributed by atoms with Crippen LogP contribution < -0.4 is 20.1 Å². The first-order valence-corrected chi connectivity index (χ1v) is 11.4. The zero-order chi connectivity index (χ0) is 22.9. The van der Waals surface area contributed by atoms with E-state index in [1.807, 2.05) is 30.7 Å². The first kappa shape index (κ1) is 27.2. The molecule has 3 rings (SSSR count). The topological polar surface area (TPSA) is 88.8 Å². The van der Waals surface area contributed by atoms with E-state index >= 15 is 0 Å². The molecule has 33 heavy (non-hydrogen) atoms. The van der Waals surface area contributed by atoms with Crippen LogP contribution in [0.25, 0.3) is 0 Å². The van der Waals surface area contributed by atoms with Crippen LogP contribution in [0.1, 0.15) is 37.0 Å². The highest BCUT2D eigenvalue weighted by molar-refractivity contribution is 14.0. The third-order valence-electron chi connectivity index (χ3n) is 6.13. The van der Waals surface area contributed by atoms with Gasteiger partial charge in [-0.3, -0.25) is 4.90 Å². The number of likely N-dealkylation sites (tertiary alicyclic amines) is 1. The van der Waals surface area contributed by atoms with Gasteiger partial charge in [0, 0.05) is 26.2 Å². The Balaban J connectivity index is 0.00000385. The van der Waals surface area contributed by atoms with Gasteiger partial charge < -0.3 is 24.7 Å². The highest BCUT2D eigenvalue weighted by atomic mass is 127. The molecule has 1 aliphatic rings. The van der Waals surface area contributed by atoms with E-state index in [1.54, 1.807) is 14.2 Å². The second-order valence-corrected chi connectivity index (χ2v) is 8.06. The summed E-state index contributed by atoms with van der Waals surface area (Å²) in [5.74, 6) is 4.02. The summed E-state index contributed by atoms with van der Waals surface area (Å²) >= 11 is 0. The third-order valence-corrected chi connectivity index (χ3v) is 6.13. The second-order valence-electron chi connectivity index (χ2n) is 8.06. The minimum atomic E-state index is 0. The van der Waals surface area contributed by atoms with Crippen LogP contribution in [0.3, 0.4) is 0 Å². The molecule has 0 aliphatic carbocycles. The van der Waals surface area contributed by atoms with Gasteiger partial charge in [-0.05, 0) is 57.0 Å². The smallest absolute Gasteiger partial charge is 0.191 e. The lowest BCUT2D eigenvalue weighted by Gasteiger charge is -2.24. The molecule has 1 fully saturated rings. The monoisotopic (exact) mass is 571 g/mol. The van der Waals surface area contributed by atoms with Crippen LogP contribution in [-0.4, -0.2) is 72.1 Å². The maximum atomic E-state index is 5.42. The van der Waals surface area contributed by atoms with Crippen LogP contribution in [-0.2, 0) is 20.0 Å². The van der Waals surface area contributed by atoms with E-state index in [0.29, 0.717) is 12.6 Å². The van der Waals surface area contributed by atoms with E-state index in [2.05, 4.69) is 38.7 Å².